The Hall–Kier alpha value is -2.50. The fourth-order valence-electron chi connectivity index (χ4n) is 1.91. The molecule has 0 saturated heterocycles. The Bertz CT molecular complexity index is 552. The average molecular weight is 288 g/mol. The molecule has 1 atom stereocenters. The molecule has 0 aliphatic carbocycles. The Morgan fingerprint density at radius 1 is 1.43 bits per heavy atom. The lowest BCUT2D eigenvalue weighted by Gasteiger charge is -2.14. The standard InChI is InChI=1S/C15H20N4O2/c1-12(11-19-9-2-8-17-19)18-15(20)7-10-21-14-5-3-13(16)4-6-14/h2-6,8-9,12H,7,10-11,16H2,1H3,(H,18,20). The van der Waals surface area contributed by atoms with Crippen LogP contribution < -0.4 is 15.8 Å². The van der Waals surface area contributed by atoms with Crippen molar-refractivity contribution in [3.05, 3.63) is 42.7 Å². The number of nitrogens with zero attached hydrogens (tertiary/aromatic N) is 2. The van der Waals surface area contributed by atoms with E-state index in [9.17, 15) is 4.79 Å². The number of hydrogen-bond acceptors (Lipinski definition) is 4. The number of carbonyl (C=O) groups is 1. The lowest BCUT2D eigenvalue weighted by atomic mass is 10.3. The molecule has 0 saturated carbocycles. The maximum atomic E-state index is 11.8. The van der Waals surface area contributed by atoms with Crippen molar-refractivity contribution in [3.8, 4) is 5.75 Å². The van der Waals surface area contributed by atoms with Crippen molar-refractivity contribution in [2.45, 2.75) is 25.9 Å². The molecule has 6 heteroatoms. The van der Waals surface area contributed by atoms with Gasteiger partial charge in [-0.3, -0.25) is 9.48 Å². The zero-order valence-electron chi connectivity index (χ0n) is 12.0. The van der Waals surface area contributed by atoms with Crippen LogP contribution in [0.25, 0.3) is 0 Å². The number of ether oxygens (including phenoxy) is 1. The second-order valence-electron chi connectivity index (χ2n) is 4.86. The van der Waals surface area contributed by atoms with Crippen LogP contribution in [0.1, 0.15) is 13.3 Å². The monoisotopic (exact) mass is 288 g/mol. The molecule has 1 unspecified atom stereocenters. The van der Waals surface area contributed by atoms with Crippen LogP contribution in [0, 0.1) is 0 Å². The Labute approximate surface area is 123 Å². The summed E-state index contributed by atoms with van der Waals surface area (Å²) in [5, 5.41) is 7.02. The number of amides is 1. The van der Waals surface area contributed by atoms with Gasteiger partial charge in [0, 0.05) is 24.1 Å². The van der Waals surface area contributed by atoms with Gasteiger partial charge in [0.25, 0.3) is 0 Å². The second-order valence-corrected chi connectivity index (χ2v) is 4.86. The molecule has 21 heavy (non-hydrogen) atoms. The van der Waals surface area contributed by atoms with Crippen LogP contribution in [-0.2, 0) is 11.3 Å². The largest absolute Gasteiger partial charge is 0.493 e. The molecule has 1 aromatic carbocycles. The highest BCUT2D eigenvalue weighted by molar-refractivity contribution is 5.76. The molecule has 1 heterocycles. The number of benzene rings is 1. The second kappa shape index (κ2) is 7.33. The van der Waals surface area contributed by atoms with Gasteiger partial charge in [-0.1, -0.05) is 0 Å². The number of aromatic nitrogens is 2. The van der Waals surface area contributed by atoms with Gasteiger partial charge in [0.05, 0.1) is 19.6 Å². The molecular formula is C15H20N4O2. The first kappa shape index (κ1) is 14.9. The van der Waals surface area contributed by atoms with Crippen LogP contribution in [0.2, 0.25) is 0 Å². The Kier molecular flexibility index (Phi) is 5.20. The topological polar surface area (TPSA) is 82.2 Å². The molecule has 1 amide bonds. The number of nitrogens with two attached hydrogens (primary N) is 1. The summed E-state index contributed by atoms with van der Waals surface area (Å²) in [6.07, 6.45) is 3.90. The van der Waals surface area contributed by atoms with E-state index in [-0.39, 0.29) is 11.9 Å². The van der Waals surface area contributed by atoms with Crippen molar-refractivity contribution in [2.75, 3.05) is 12.3 Å². The van der Waals surface area contributed by atoms with E-state index in [4.69, 9.17) is 10.5 Å². The Morgan fingerprint density at radius 2 is 2.19 bits per heavy atom. The van der Waals surface area contributed by atoms with Crippen LogP contribution in [0.4, 0.5) is 5.69 Å². The molecule has 2 aromatic rings. The van der Waals surface area contributed by atoms with E-state index in [1.165, 1.54) is 0 Å². The zero-order chi connectivity index (χ0) is 15.1. The van der Waals surface area contributed by atoms with Crippen molar-refractivity contribution in [2.24, 2.45) is 0 Å². The fourth-order valence-corrected chi connectivity index (χ4v) is 1.91. The Balaban J connectivity index is 1.66. The maximum Gasteiger partial charge on any atom is 0.223 e. The molecular weight excluding hydrogens is 268 g/mol. The van der Waals surface area contributed by atoms with Crippen molar-refractivity contribution >= 4 is 11.6 Å². The van der Waals surface area contributed by atoms with Gasteiger partial charge in [-0.05, 0) is 37.3 Å². The van der Waals surface area contributed by atoms with Crippen molar-refractivity contribution in [1.82, 2.24) is 15.1 Å². The van der Waals surface area contributed by atoms with Gasteiger partial charge in [0.2, 0.25) is 5.91 Å². The lowest BCUT2D eigenvalue weighted by molar-refractivity contribution is -0.122. The van der Waals surface area contributed by atoms with Crippen LogP contribution >= 0.6 is 0 Å². The van der Waals surface area contributed by atoms with Crippen molar-refractivity contribution in [3.63, 3.8) is 0 Å². The molecule has 0 spiro atoms. The summed E-state index contributed by atoms with van der Waals surface area (Å²) in [4.78, 5) is 11.8. The maximum absolute atomic E-state index is 11.8. The van der Waals surface area contributed by atoms with E-state index in [1.54, 1.807) is 35.1 Å². The molecule has 1 aromatic heterocycles. The van der Waals surface area contributed by atoms with Gasteiger partial charge in [-0.25, -0.2) is 0 Å². The van der Waals surface area contributed by atoms with E-state index >= 15 is 0 Å². The van der Waals surface area contributed by atoms with E-state index < -0.39 is 0 Å². The predicted octanol–water partition coefficient (Wildman–Crippen LogP) is 1.44. The van der Waals surface area contributed by atoms with E-state index in [2.05, 4.69) is 10.4 Å². The van der Waals surface area contributed by atoms with Crippen molar-refractivity contribution in [1.29, 1.82) is 0 Å². The number of nitrogen functional groups attached to an aromatic ring is 1. The molecule has 0 aliphatic heterocycles. The molecule has 0 aliphatic rings. The molecule has 0 radical (unpaired) electrons. The predicted molar refractivity (Wildman–Crippen MR) is 80.8 cm³/mol. The highest BCUT2D eigenvalue weighted by atomic mass is 16.5. The summed E-state index contributed by atoms with van der Waals surface area (Å²) in [5.74, 6) is 0.673. The summed E-state index contributed by atoms with van der Waals surface area (Å²) >= 11 is 0. The van der Waals surface area contributed by atoms with Gasteiger partial charge in [0.15, 0.2) is 0 Å². The quantitative estimate of drug-likeness (QED) is 0.755. The molecule has 6 nitrogen and oxygen atoms in total. The summed E-state index contributed by atoms with van der Waals surface area (Å²) < 4.78 is 7.27. The van der Waals surface area contributed by atoms with Crippen LogP contribution in [0.3, 0.4) is 0 Å². The molecule has 2 rings (SSSR count). The zero-order valence-corrected chi connectivity index (χ0v) is 12.0. The van der Waals surface area contributed by atoms with E-state index in [1.807, 2.05) is 19.2 Å². The minimum absolute atomic E-state index is 0.0222. The number of anilines is 1. The SMILES string of the molecule is CC(Cn1cccn1)NC(=O)CCOc1ccc(N)cc1. The van der Waals surface area contributed by atoms with Gasteiger partial charge in [-0.15, -0.1) is 0 Å². The number of carbonyl (C=O) groups excluding carboxylic acids is 1. The van der Waals surface area contributed by atoms with Gasteiger partial charge in [-0.2, -0.15) is 5.10 Å². The molecule has 0 fully saturated rings. The van der Waals surface area contributed by atoms with Crippen molar-refractivity contribution < 1.29 is 9.53 Å². The van der Waals surface area contributed by atoms with Gasteiger partial charge in [0.1, 0.15) is 5.75 Å². The first-order chi connectivity index (χ1) is 10.1. The average Bonchev–Trinajstić information content (AvgIpc) is 2.93. The summed E-state index contributed by atoms with van der Waals surface area (Å²) in [6, 6.07) is 8.98. The van der Waals surface area contributed by atoms with Gasteiger partial charge >= 0.3 is 0 Å². The summed E-state index contributed by atoms with van der Waals surface area (Å²) in [5.41, 5.74) is 6.27. The fraction of sp³-hybridized carbons (Fsp3) is 0.333. The van der Waals surface area contributed by atoms with E-state index in [0.29, 0.717) is 31.0 Å². The summed E-state index contributed by atoms with van der Waals surface area (Å²) in [7, 11) is 0. The third kappa shape index (κ3) is 5.18. The van der Waals surface area contributed by atoms with Gasteiger partial charge < -0.3 is 15.8 Å². The third-order valence-corrected chi connectivity index (χ3v) is 2.91. The molecule has 3 N–H and O–H groups in total. The number of rotatable bonds is 7. The number of hydrogen-bond donors (Lipinski definition) is 2. The highest BCUT2D eigenvalue weighted by Crippen LogP contribution is 2.13. The highest BCUT2D eigenvalue weighted by Gasteiger charge is 2.08. The smallest absolute Gasteiger partial charge is 0.223 e. The lowest BCUT2D eigenvalue weighted by Crippen LogP contribution is -2.36. The number of nitrogens with one attached hydrogen (secondary N) is 1. The minimum atomic E-state index is -0.0369. The van der Waals surface area contributed by atoms with Crippen LogP contribution in [0.15, 0.2) is 42.7 Å². The summed E-state index contributed by atoms with van der Waals surface area (Å²) in [6.45, 7) is 2.93. The minimum Gasteiger partial charge on any atom is -0.493 e. The van der Waals surface area contributed by atoms with Crippen LogP contribution in [0.5, 0.6) is 5.75 Å². The van der Waals surface area contributed by atoms with E-state index in [0.717, 1.165) is 0 Å². The Morgan fingerprint density at radius 3 is 2.86 bits per heavy atom. The molecule has 0 bridgehead atoms. The first-order valence-electron chi connectivity index (χ1n) is 6.88. The first-order valence-corrected chi connectivity index (χ1v) is 6.88. The third-order valence-electron chi connectivity index (χ3n) is 2.91. The normalized spacial score (nSPS) is 11.9. The van der Waals surface area contributed by atoms with Crippen LogP contribution in [-0.4, -0.2) is 28.3 Å². The molecule has 112 valence electrons.